The second kappa shape index (κ2) is 6.87. The molecule has 1 aromatic heterocycles. The average molecular weight is 489 g/mol. The molecule has 6 rings (SSSR count). The second-order valence-corrected chi connectivity index (χ2v) is 12.1. The monoisotopic (exact) mass is 488 g/mol. The number of alkyl halides is 1. The number of aliphatic carboxylic acids is 1. The molecule has 1 aromatic rings. The van der Waals surface area contributed by atoms with Crippen molar-refractivity contribution in [3.8, 4) is 0 Å². The highest BCUT2D eigenvalue weighted by Gasteiger charge is 2.80. The highest BCUT2D eigenvalue weighted by Crippen LogP contribution is 2.73. The predicted octanol–water partition coefficient (Wildman–Crippen LogP) is 4.21. The van der Waals surface area contributed by atoms with Gasteiger partial charge in [0.25, 0.3) is 0 Å². The van der Waals surface area contributed by atoms with Crippen molar-refractivity contribution in [2.75, 3.05) is 0 Å². The van der Waals surface area contributed by atoms with E-state index in [0.717, 1.165) is 4.88 Å². The number of rotatable bonds is 2. The fourth-order valence-electron chi connectivity index (χ4n) is 8.27. The highest BCUT2D eigenvalue weighted by molar-refractivity contribution is 7.10. The smallest absolute Gasteiger partial charge is 0.339 e. The molecule has 4 fully saturated rings. The minimum absolute atomic E-state index is 0.0625. The summed E-state index contributed by atoms with van der Waals surface area (Å²) in [7, 11) is 0. The van der Waals surface area contributed by atoms with Crippen molar-refractivity contribution in [3.05, 3.63) is 46.2 Å². The Morgan fingerprint density at radius 3 is 2.71 bits per heavy atom. The average Bonchev–Trinajstić information content (AvgIpc) is 3.47. The summed E-state index contributed by atoms with van der Waals surface area (Å²) in [6.07, 6.45) is 2.27. The van der Waals surface area contributed by atoms with E-state index in [1.165, 1.54) is 23.5 Å². The number of carboxylic acid groups (broad SMARTS) is 1. The zero-order chi connectivity index (χ0) is 24.3. The zero-order valence-corrected chi connectivity index (χ0v) is 20.2. The van der Waals surface area contributed by atoms with Crippen molar-refractivity contribution in [2.45, 2.75) is 69.8 Å². The molecule has 2 heterocycles. The molecular formula is C26H29FO6S. The SMILES string of the molecule is C[C@H]1C[C@H]2C3C[C@H]4OC(c5cccs5)O[C@@]4(C(=O)O)[C@@]3(C)C[C@H](O)[C@]2(F)[C@@]2(C)C=CC(=O)C=C12. The van der Waals surface area contributed by atoms with Gasteiger partial charge >= 0.3 is 5.97 Å². The number of hydrogen-bond acceptors (Lipinski definition) is 6. The van der Waals surface area contributed by atoms with Crippen LogP contribution in [0.25, 0.3) is 0 Å². The number of carbonyl (C=O) groups excluding carboxylic acids is 1. The van der Waals surface area contributed by atoms with Gasteiger partial charge in [-0.3, -0.25) is 4.79 Å². The minimum Gasteiger partial charge on any atom is -0.479 e. The fraction of sp³-hybridized carbons (Fsp3) is 0.615. The summed E-state index contributed by atoms with van der Waals surface area (Å²) in [5, 5.41) is 23.9. The van der Waals surface area contributed by atoms with E-state index in [2.05, 4.69) is 0 Å². The topological polar surface area (TPSA) is 93.1 Å². The number of thiophene rings is 1. The number of carbonyl (C=O) groups is 2. The Bertz CT molecular complexity index is 1130. The Morgan fingerprint density at radius 1 is 1.26 bits per heavy atom. The summed E-state index contributed by atoms with van der Waals surface area (Å²) in [5.41, 5.74) is -5.16. The normalized spacial score (nSPS) is 51.3. The minimum atomic E-state index is -2.03. The molecule has 3 saturated carbocycles. The Labute approximate surface area is 201 Å². The third-order valence-electron chi connectivity index (χ3n) is 9.80. The Morgan fingerprint density at radius 2 is 2.03 bits per heavy atom. The van der Waals surface area contributed by atoms with Crippen LogP contribution in [-0.4, -0.2) is 45.4 Å². The van der Waals surface area contributed by atoms with Crippen molar-refractivity contribution >= 4 is 23.1 Å². The number of hydrogen-bond donors (Lipinski definition) is 2. The van der Waals surface area contributed by atoms with Crippen molar-refractivity contribution in [3.63, 3.8) is 0 Å². The molecule has 1 saturated heterocycles. The number of aliphatic hydroxyl groups is 1. The van der Waals surface area contributed by atoms with Crippen LogP contribution in [0.5, 0.6) is 0 Å². The first-order valence-electron chi connectivity index (χ1n) is 11.9. The van der Waals surface area contributed by atoms with Gasteiger partial charge in [-0.05, 0) is 61.6 Å². The molecular weight excluding hydrogens is 459 g/mol. The lowest BCUT2D eigenvalue weighted by Crippen LogP contribution is -2.70. The lowest BCUT2D eigenvalue weighted by molar-refractivity contribution is -0.239. The number of ketones is 1. The van der Waals surface area contributed by atoms with E-state index in [0.29, 0.717) is 18.4 Å². The van der Waals surface area contributed by atoms with Gasteiger partial charge in [-0.25, -0.2) is 9.18 Å². The Balaban J connectivity index is 1.46. The van der Waals surface area contributed by atoms with Crippen LogP contribution in [0.15, 0.2) is 41.3 Å². The van der Waals surface area contributed by atoms with Crippen LogP contribution < -0.4 is 0 Å². The van der Waals surface area contributed by atoms with E-state index >= 15 is 4.39 Å². The molecule has 8 heteroatoms. The summed E-state index contributed by atoms with van der Waals surface area (Å²) in [6.45, 7) is 5.57. The zero-order valence-electron chi connectivity index (χ0n) is 19.4. The number of fused-ring (bicyclic) bond motifs is 7. The van der Waals surface area contributed by atoms with E-state index in [9.17, 15) is 19.8 Å². The molecule has 10 atom stereocenters. The quantitative estimate of drug-likeness (QED) is 0.648. The molecule has 0 radical (unpaired) electrons. The van der Waals surface area contributed by atoms with Crippen LogP contribution in [0.3, 0.4) is 0 Å². The fourth-order valence-corrected chi connectivity index (χ4v) is 8.95. The molecule has 2 unspecified atom stereocenters. The summed E-state index contributed by atoms with van der Waals surface area (Å²) in [6, 6.07) is 3.71. The summed E-state index contributed by atoms with van der Waals surface area (Å²) < 4.78 is 29.8. The maximum absolute atomic E-state index is 17.4. The molecule has 0 bridgehead atoms. The first kappa shape index (κ1) is 22.6. The van der Waals surface area contributed by atoms with Crippen molar-refractivity contribution in [1.82, 2.24) is 0 Å². The van der Waals surface area contributed by atoms with E-state index in [1.54, 1.807) is 13.0 Å². The van der Waals surface area contributed by atoms with Crippen molar-refractivity contribution < 1.29 is 33.7 Å². The van der Waals surface area contributed by atoms with Crippen LogP contribution >= 0.6 is 11.3 Å². The van der Waals surface area contributed by atoms with E-state index < -0.39 is 52.5 Å². The molecule has 6 nitrogen and oxygen atoms in total. The predicted molar refractivity (Wildman–Crippen MR) is 122 cm³/mol. The summed E-state index contributed by atoms with van der Waals surface area (Å²) >= 11 is 1.43. The van der Waals surface area contributed by atoms with Crippen molar-refractivity contribution in [1.29, 1.82) is 0 Å². The molecule has 1 aliphatic heterocycles. The number of allylic oxidation sites excluding steroid dienone is 4. The van der Waals surface area contributed by atoms with Gasteiger partial charge in [0.15, 0.2) is 23.3 Å². The van der Waals surface area contributed by atoms with Crippen LogP contribution in [0.1, 0.15) is 51.2 Å². The van der Waals surface area contributed by atoms with Gasteiger partial charge in [-0.2, -0.15) is 0 Å². The summed E-state index contributed by atoms with van der Waals surface area (Å²) in [4.78, 5) is 25.8. The Hall–Kier alpha value is -1.87. The molecule has 182 valence electrons. The number of halogens is 1. The van der Waals surface area contributed by atoms with Crippen LogP contribution in [0.2, 0.25) is 0 Å². The number of carboxylic acids is 1. The molecule has 34 heavy (non-hydrogen) atoms. The molecule has 2 N–H and O–H groups in total. The first-order chi connectivity index (χ1) is 16.0. The molecule has 0 aromatic carbocycles. The van der Waals surface area contributed by atoms with Crippen LogP contribution in [0.4, 0.5) is 4.39 Å². The number of ether oxygens (including phenoxy) is 2. The van der Waals surface area contributed by atoms with Gasteiger partial charge in [-0.15, -0.1) is 11.3 Å². The number of aliphatic hydroxyl groups excluding tert-OH is 1. The largest absolute Gasteiger partial charge is 0.479 e. The maximum Gasteiger partial charge on any atom is 0.339 e. The second-order valence-electron chi connectivity index (χ2n) is 11.2. The molecule has 5 aliphatic rings. The maximum atomic E-state index is 17.4. The van der Waals surface area contributed by atoms with E-state index in [4.69, 9.17) is 9.47 Å². The van der Waals surface area contributed by atoms with Gasteiger partial charge in [-0.1, -0.05) is 31.6 Å². The van der Waals surface area contributed by atoms with E-state index in [1.807, 2.05) is 31.4 Å². The van der Waals surface area contributed by atoms with Crippen LogP contribution in [0, 0.1) is 28.6 Å². The van der Waals surface area contributed by atoms with Gasteiger partial charge in [0.2, 0.25) is 0 Å². The van der Waals surface area contributed by atoms with Gasteiger partial charge < -0.3 is 19.7 Å². The Kier molecular flexibility index (Phi) is 4.56. The third kappa shape index (κ3) is 2.40. The molecule has 0 spiro atoms. The highest BCUT2D eigenvalue weighted by atomic mass is 32.1. The van der Waals surface area contributed by atoms with E-state index in [-0.39, 0.29) is 24.0 Å². The van der Waals surface area contributed by atoms with Gasteiger partial charge in [0.1, 0.15) is 6.10 Å². The summed E-state index contributed by atoms with van der Waals surface area (Å²) in [5.74, 6) is -2.34. The van der Waals surface area contributed by atoms with Crippen LogP contribution in [-0.2, 0) is 19.1 Å². The lowest BCUT2D eigenvalue weighted by atomic mass is 9.43. The standard InChI is InChI=1S/C26H29FO6S/c1-13-9-17-16-11-20-26(22(30)31,33-21(32-20)18-5-4-8-34-18)24(16,3)12-19(29)25(17,27)23(2)7-6-14(28)10-15(13)23/h4-8,10,13,16-17,19-21,29H,9,11-12H2,1-3H3,(H,30,31)/t13-,16?,17-,19-,20+,21?,23-,24-,25-,26-/m0/s1. The first-order valence-corrected chi connectivity index (χ1v) is 12.8. The molecule has 0 amide bonds. The van der Waals surface area contributed by atoms with Gasteiger partial charge in [0.05, 0.1) is 11.0 Å². The van der Waals surface area contributed by atoms with Crippen molar-refractivity contribution in [2.24, 2.45) is 28.6 Å². The lowest BCUT2D eigenvalue weighted by Gasteiger charge is -2.63. The van der Waals surface area contributed by atoms with Gasteiger partial charge in [0, 0.05) is 16.7 Å². The molecule has 4 aliphatic carbocycles. The third-order valence-corrected chi connectivity index (χ3v) is 10.7.